The second-order valence-corrected chi connectivity index (χ2v) is 9.98. The number of amides is 1. The van der Waals surface area contributed by atoms with Crippen LogP contribution >= 0.6 is 0 Å². The van der Waals surface area contributed by atoms with Crippen molar-refractivity contribution in [3.63, 3.8) is 0 Å². The van der Waals surface area contributed by atoms with Gasteiger partial charge in [0.15, 0.2) is 26.1 Å². The standard InChI is InChI=1S/C18H26N2O5S/c1-17(2,13-4-5-14-15(10-13)25-12-24-14)11-20-16(21)18(26(3,22)23)6-8-19-9-7-18/h4-5,10,19H,6-9,11-12H2,1-3H3,(H,20,21). The van der Waals surface area contributed by atoms with Crippen molar-refractivity contribution < 1.29 is 22.7 Å². The summed E-state index contributed by atoms with van der Waals surface area (Å²) in [6, 6.07) is 5.70. The molecule has 2 aliphatic heterocycles. The van der Waals surface area contributed by atoms with Crippen LogP contribution in [0, 0.1) is 0 Å². The lowest BCUT2D eigenvalue weighted by molar-refractivity contribution is -0.124. The van der Waals surface area contributed by atoms with Crippen LogP contribution in [0.15, 0.2) is 18.2 Å². The van der Waals surface area contributed by atoms with E-state index < -0.39 is 20.5 Å². The summed E-state index contributed by atoms with van der Waals surface area (Å²) in [5, 5.41) is 6.01. The van der Waals surface area contributed by atoms with E-state index in [4.69, 9.17) is 9.47 Å². The fourth-order valence-electron chi connectivity index (χ4n) is 3.48. The lowest BCUT2D eigenvalue weighted by Gasteiger charge is -2.35. The van der Waals surface area contributed by atoms with Gasteiger partial charge in [0.2, 0.25) is 12.7 Å². The van der Waals surface area contributed by atoms with Gasteiger partial charge in [0, 0.05) is 18.2 Å². The van der Waals surface area contributed by atoms with Crippen LogP contribution in [0.4, 0.5) is 0 Å². The SMILES string of the molecule is CC(C)(CNC(=O)C1(S(C)(=O)=O)CCNCC1)c1ccc2c(c1)OCO2. The van der Waals surface area contributed by atoms with Gasteiger partial charge in [-0.15, -0.1) is 0 Å². The highest BCUT2D eigenvalue weighted by Gasteiger charge is 2.48. The van der Waals surface area contributed by atoms with Crippen LogP contribution in [-0.4, -0.2) is 51.8 Å². The number of piperidine rings is 1. The first-order valence-electron chi connectivity index (χ1n) is 8.74. The van der Waals surface area contributed by atoms with Gasteiger partial charge >= 0.3 is 0 Å². The van der Waals surface area contributed by atoms with Crippen LogP contribution in [-0.2, 0) is 20.0 Å². The second-order valence-electron chi connectivity index (χ2n) is 7.65. The molecule has 8 heteroatoms. The van der Waals surface area contributed by atoms with Crippen LogP contribution in [0.2, 0.25) is 0 Å². The van der Waals surface area contributed by atoms with Gasteiger partial charge < -0.3 is 20.1 Å². The summed E-state index contributed by atoms with van der Waals surface area (Å²) < 4.78 is 34.1. The number of ether oxygens (including phenoxy) is 2. The molecule has 0 aliphatic carbocycles. The molecule has 0 bridgehead atoms. The number of sulfone groups is 1. The molecule has 0 aromatic heterocycles. The third-order valence-corrected chi connectivity index (χ3v) is 7.39. The minimum absolute atomic E-state index is 0.209. The van der Waals surface area contributed by atoms with E-state index in [-0.39, 0.29) is 12.2 Å². The van der Waals surface area contributed by atoms with Gasteiger partial charge in [-0.1, -0.05) is 19.9 Å². The van der Waals surface area contributed by atoms with E-state index in [0.29, 0.717) is 44.0 Å². The fraction of sp³-hybridized carbons (Fsp3) is 0.611. The molecule has 1 amide bonds. The Morgan fingerprint density at radius 2 is 1.88 bits per heavy atom. The molecule has 1 aromatic rings. The average molecular weight is 382 g/mol. The third-order valence-electron chi connectivity index (χ3n) is 5.38. The summed E-state index contributed by atoms with van der Waals surface area (Å²) in [5.41, 5.74) is 0.600. The van der Waals surface area contributed by atoms with Gasteiger partial charge in [0.05, 0.1) is 0 Å². The van der Waals surface area contributed by atoms with Gasteiger partial charge in [0.1, 0.15) is 0 Å². The van der Waals surface area contributed by atoms with Gasteiger partial charge in [-0.05, 0) is 43.6 Å². The molecule has 0 radical (unpaired) electrons. The number of carbonyl (C=O) groups is 1. The quantitative estimate of drug-likeness (QED) is 0.788. The van der Waals surface area contributed by atoms with Crippen LogP contribution in [0.5, 0.6) is 11.5 Å². The Bertz CT molecular complexity index is 798. The fourth-order valence-corrected chi connectivity index (χ4v) is 4.83. The predicted octanol–water partition coefficient (Wildman–Crippen LogP) is 0.976. The molecular weight excluding hydrogens is 356 g/mol. The Hall–Kier alpha value is -1.80. The van der Waals surface area contributed by atoms with Crippen molar-refractivity contribution in [3.05, 3.63) is 23.8 Å². The van der Waals surface area contributed by atoms with Crippen LogP contribution in [0.1, 0.15) is 32.3 Å². The zero-order valence-electron chi connectivity index (χ0n) is 15.4. The number of hydrogen-bond acceptors (Lipinski definition) is 6. The van der Waals surface area contributed by atoms with Crippen molar-refractivity contribution in [2.45, 2.75) is 36.9 Å². The van der Waals surface area contributed by atoms with Crippen molar-refractivity contribution in [1.82, 2.24) is 10.6 Å². The van der Waals surface area contributed by atoms with Crippen molar-refractivity contribution >= 4 is 15.7 Å². The van der Waals surface area contributed by atoms with Crippen molar-refractivity contribution in [1.29, 1.82) is 0 Å². The molecule has 7 nitrogen and oxygen atoms in total. The smallest absolute Gasteiger partial charge is 0.241 e. The summed E-state index contributed by atoms with van der Waals surface area (Å²) in [4.78, 5) is 12.9. The van der Waals surface area contributed by atoms with E-state index in [1.54, 1.807) is 0 Å². The Morgan fingerprint density at radius 3 is 2.54 bits per heavy atom. The molecule has 26 heavy (non-hydrogen) atoms. The second kappa shape index (κ2) is 6.74. The number of hydrogen-bond donors (Lipinski definition) is 2. The average Bonchev–Trinajstić information content (AvgIpc) is 3.07. The van der Waals surface area contributed by atoms with E-state index in [1.807, 2.05) is 32.0 Å². The molecule has 1 fully saturated rings. The topological polar surface area (TPSA) is 93.7 Å². The molecule has 1 saturated heterocycles. The summed E-state index contributed by atoms with van der Waals surface area (Å²) in [6.07, 6.45) is 1.74. The maximum Gasteiger partial charge on any atom is 0.241 e. The summed E-state index contributed by atoms with van der Waals surface area (Å²) in [6.45, 7) is 5.58. The van der Waals surface area contributed by atoms with Crippen LogP contribution in [0.25, 0.3) is 0 Å². The lowest BCUT2D eigenvalue weighted by atomic mass is 9.84. The minimum atomic E-state index is -3.52. The number of rotatable bonds is 5. The maximum atomic E-state index is 12.9. The molecule has 2 N–H and O–H groups in total. The van der Waals surface area contributed by atoms with Crippen molar-refractivity contribution in [2.75, 3.05) is 32.7 Å². The predicted molar refractivity (Wildman–Crippen MR) is 98.3 cm³/mol. The molecular formula is C18H26N2O5S. The number of benzene rings is 1. The molecule has 2 heterocycles. The first-order chi connectivity index (χ1) is 12.2. The third kappa shape index (κ3) is 3.40. The molecule has 0 unspecified atom stereocenters. The molecule has 0 saturated carbocycles. The Kier molecular flexibility index (Phi) is 4.92. The summed E-state index contributed by atoms with van der Waals surface area (Å²) in [7, 11) is -3.52. The number of nitrogens with one attached hydrogen (secondary N) is 2. The van der Waals surface area contributed by atoms with Crippen LogP contribution < -0.4 is 20.1 Å². The first kappa shape index (κ1) is 19.0. The van der Waals surface area contributed by atoms with E-state index >= 15 is 0 Å². The highest BCUT2D eigenvalue weighted by molar-refractivity contribution is 7.92. The number of fused-ring (bicyclic) bond motifs is 1. The lowest BCUT2D eigenvalue weighted by Crippen LogP contribution is -2.58. The first-order valence-corrected chi connectivity index (χ1v) is 10.6. The van der Waals surface area contributed by atoms with Gasteiger partial charge in [-0.25, -0.2) is 8.42 Å². The van der Waals surface area contributed by atoms with E-state index in [2.05, 4.69) is 10.6 Å². The number of carbonyl (C=O) groups excluding carboxylic acids is 1. The minimum Gasteiger partial charge on any atom is -0.454 e. The highest BCUT2D eigenvalue weighted by atomic mass is 32.2. The maximum absolute atomic E-state index is 12.9. The normalized spacial score (nSPS) is 19.2. The molecule has 2 aliphatic rings. The van der Waals surface area contributed by atoms with Gasteiger partial charge in [0.25, 0.3) is 0 Å². The van der Waals surface area contributed by atoms with E-state index in [1.165, 1.54) is 0 Å². The Balaban J connectivity index is 1.75. The largest absolute Gasteiger partial charge is 0.454 e. The zero-order valence-corrected chi connectivity index (χ0v) is 16.2. The highest BCUT2D eigenvalue weighted by Crippen LogP contribution is 2.36. The van der Waals surface area contributed by atoms with Crippen LogP contribution in [0.3, 0.4) is 0 Å². The molecule has 0 atom stereocenters. The van der Waals surface area contributed by atoms with Gasteiger partial charge in [-0.3, -0.25) is 4.79 Å². The molecule has 144 valence electrons. The van der Waals surface area contributed by atoms with E-state index in [9.17, 15) is 13.2 Å². The monoisotopic (exact) mass is 382 g/mol. The summed E-state index contributed by atoms with van der Waals surface area (Å²) in [5.74, 6) is 0.988. The molecule has 0 spiro atoms. The van der Waals surface area contributed by atoms with Crippen molar-refractivity contribution in [2.24, 2.45) is 0 Å². The zero-order chi connectivity index (χ0) is 19.0. The Labute approximate surface area is 154 Å². The summed E-state index contributed by atoms with van der Waals surface area (Å²) >= 11 is 0. The Morgan fingerprint density at radius 1 is 1.23 bits per heavy atom. The van der Waals surface area contributed by atoms with Crippen molar-refractivity contribution in [3.8, 4) is 11.5 Å². The molecule has 3 rings (SSSR count). The van der Waals surface area contributed by atoms with Gasteiger partial charge in [-0.2, -0.15) is 0 Å². The van der Waals surface area contributed by atoms with E-state index in [0.717, 1.165) is 11.8 Å². The molecule has 1 aromatic carbocycles.